The van der Waals surface area contributed by atoms with Crippen molar-refractivity contribution in [2.24, 2.45) is 17.8 Å². The molecule has 2 saturated carbocycles. The fourth-order valence-corrected chi connectivity index (χ4v) is 4.64. The third-order valence-electron chi connectivity index (χ3n) is 5.21. The zero-order valence-electron chi connectivity index (χ0n) is 12.7. The van der Waals surface area contributed by atoms with Crippen LogP contribution in [-0.4, -0.2) is 11.9 Å². The largest absolute Gasteiger partial charge is 0.350 e. The van der Waals surface area contributed by atoms with Gasteiger partial charge in [-0.3, -0.25) is 4.79 Å². The standard InChI is InChI=1S/C18H21Cl2NO/c1-11(15-10-12-5-6-13(15)9-12)21-18(22)8-7-14-16(19)3-2-4-17(14)20/h2-4,7-8,11-13,15H,5-6,9-10H2,1H3,(H,21,22)/b8-7+. The molecule has 4 unspecified atom stereocenters. The summed E-state index contributed by atoms with van der Waals surface area (Å²) < 4.78 is 0. The minimum absolute atomic E-state index is 0.0775. The third kappa shape index (κ3) is 3.33. The maximum absolute atomic E-state index is 12.1. The monoisotopic (exact) mass is 337 g/mol. The first-order chi connectivity index (χ1) is 10.5. The number of carbonyl (C=O) groups is 1. The van der Waals surface area contributed by atoms with Crippen LogP contribution in [0.15, 0.2) is 24.3 Å². The molecule has 22 heavy (non-hydrogen) atoms. The summed E-state index contributed by atoms with van der Waals surface area (Å²) in [5, 5.41) is 4.21. The summed E-state index contributed by atoms with van der Waals surface area (Å²) in [5.74, 6) is 2.26. The van der Waals surface area contributed by atoms with Crippen molar-refractivity contribution in [2.75, 3.05) is 0 Å². The number of fused-ring (bicyclic) bond motifs is 2. The summed E-state index contributed by atoms with van der Waals surface area (Å²) in [7, 11) is 0. The van der Waals surface area contributed by atoms with Gasteiger partial charge in [0.2, 0.25) is 5.91 Å². The average Bonchev–Trinajstić information content (AvgIpc) is 3.09. The van der Waals surface area contributed by atoms with Gasteiger partial charge in [-0.1, -0.05) is 35.7 Å². The molecule has 1 aromatic rings. The Bertz CT molecular complexity index is 578. The fourth-order valence-electron chi connectivity index (χ4n) is 4.11. The summed E-state index contributed by atoms with van der Waals surface area (Å²) in [6.07, 6.45) is 8.56. The minimum atomic E-state index is -0.0775. The zero-order chi connectivity index (χ0) is 15.7. The second-order valence-electron chi connectivity index (χ2n) is 6.60. The van der Waals surface area contributed by atoms with Crippen LogP contribution in [0.1, 0.15) is 38.2 Å². The number of hydrogen-bond donors (Lipinski definition) is 1. The highest BCUT2D eigenvalue weighted by Crippen LogP contribution is 2.49. The molecule has 1 amide bonds. The van der Waals surface area contributed by atoms with Crippen LogP contribution >= 0.6 is 23.2 Å². The molecule has 0 aliphatic heterocycles. The van der Waals surface area contributed by atoms with Gasteiger partial charge in [-0.2, -0.15) is 0 Å². The van der Waals surface area contributed by atoms with Crippen molar-refractivity contribution in [1.29, 1.82) is 0 Å². The second-order valence-corrected chi connectivity index (χ2v) is 7.42. The summed E-state index contributed by atoms with van der Waals surface area (Å²) in [4.78, 5) is 12.1. The van der Waals surface area contributed by atoms with Gasteiger partial charge >= 0.3 is 0 Å². The Morgan fingerprint density at radius 1 is 1.27 bits per heavy atom. The minimum Gasteiger partial charge on any atom is -0.350 e. The van der Waals surface area contributed by atoms with E-state index in [1.807, 2.05) is 0 Å². The Hall–Kier alpha value is -0.990. The van der Waals surface area contributed by atoms with Crippen LogP contribution in [0.5, 0.6) is 0 Å². The third-order valence-corrected chi connectivity index (χ3v) is 5.87. The van der Waals surface area contributed by atoms with E-state index in [2.05, 4.69) is 12.2 Å². The van der Waals surface area contributed by atoms with E-state index in [-0.39, 0.29) is 11.9 Å². The first-order valence-corrected chi connectivity index (χ1v) is 8.72. The van der Waals surface area contributed by atoms with Crippen molar-refractivity contribution in [3.05, 3.63) is 39.9 Å². The smallest absolute Gasteiger partial charge is 0.244 e. The first kappa shape index (κ1) is 15.9. The molecule has 4 heteroatoms. The predicted octanol–water partition coefficient (Wildman–Crippen LogP) is 4.95. The first-order valence-electron chi connectivity index (χ1n) is 7.97. The number of benzene rings is 1. The van der Waals surface area contributed by atoms with Gasteiger partial charge in [0.15, 0.2) is 0 Å². The molecule has 2 aliphatic carbocycles. The van der Waals surface area contributed by atoms with Crippen LogP contribution in [-0.2, 0) is 4.79 Å². The Labute approximate surface area is 141 Å². The SMILES string of the molecule is CC(NC(=O)/C=C/c1c(Cl)cccc1Cl)C1CC2CCC1C2. The fraction of sp³-hybridized carbons (Fsp3) is 0.500. The van der Waals surface area contributed by atoms with Crippen molar-refractivity contribution >= 4 is 35.2 Å². The molecule has 3 rings (SSSR count). The van der Waals surface area contributed by atoms with E-state index in [9.17, 15) is 4.79 Å². The normalized spacial score (nSPS) is 28.2. The van der Waals surface area contributed by atoms with E-state index < -0.39 is 0 Å². The lowest BCUT2D eigenvalue weighted by Crippen LogP contribution is -2.39. The number of rotatable bonds is 4. The van der Waals surface area contributed by atoms with E-state index in [0.29, 0.717) is 21.5 Å². The van der Waals surface area contributed by atoms with E-state index in [1.54, 1.807) is 24.3 Å². The summed E-state index contributed by atoms with van der Waals surface area (Å²) >= 11 is 12.2. The Morgan fingerprint density at radius 2 is 2.00 bits per heavy atom. The van der Waals surface area contributed by atoms with Crippen LogP contribution < -0.4 is 5.32 Å². The summed E-state index contributed by atoms with van der Waals surface area (Å²) in [5.41, 5.74) is 0.688. The molecule has 2 nitrogen and oxygen atoms in total. The lowest BCUT2D eigenvalue weighted by atomic mass is 9.84. The van der Waals surface area contributed by atoms with Gasteiger partial charge in [-0.05, 0) is 62.1 Å². The molecule has 2 bridgehead atoms. The molecule has 118 valence electrons. The number of hydrogen-bond acceptors (Lipinski definition) is 1. The molecule has 0 saturated heterocycles. The van der Waals surface area contributed by atoms with Crippen LogP contribution in [0.3, 0.4) is 0 Å². The van der Waals surface area contributed by atoms with E-state index in [4.69, 9.17) is 23.2 Å². The van der Waals surface area contributed by atoms with Gasteiger partial charge < -0.3 is 5.32 Å². The maximum atomic E-state index is 12.1. The Morgan fingerprint density at radius 3 is 2.59 bits per heavy atom. The predicted molar refractivity (Wildman–Crippen MR) is 92.0 cm³/mol. The topological polar surface area (TPSA) is 29.1 Å². The molecule has 1 aromatic carbocycles. The molecule has 0 heterocycles. The highest BCUT2D eigenvalue weighted by Gasteiger charge is 2.41. The summed E-state index contributed by atoms with van der Waals surface area (Å²) in [6, 6.07) is 5.56. The van der Waals surface area contributed by atoms with Crippen LogP contribution in [0, 0.1) is 17.8 Å². The molecule has 2 aliphatic rings. The van der Waals surface area contributed by atoms with Gasteiger partial charge in [0.05, 0.1) is 0 Å². The van der Waals surface area contributed by atoms with E-state index in [0.717, 1.165) is 11.8 Å². The van der Waals surface area contributed by atoms with Gasteiger partial charge in [-0.15, -0.1) is 0 Å². The molecule has 0 spiro atoms. The molecule has 4 atom stereocenters. The van der Waals surface area contributed by atoms with Crippen molar-refractivity contribution in [1.82, 2.24) is 5.32 Å². The highest BCUT2D eigenvalue weighted by molar-refractivity contribution is 6.37. The van der Waals surface area contributed by atoms with Gasteiger partial charge in [0.25, 0.3) is 0 Å². The lowest BCUT2D eigenvalue weighted by Gasteiger charge is -2.28. The molecule has 1 N–H and O–H groups in total. The highest BCUT2D eigenvalue weighted by atomic mass is 35.5. The van der Waals surface area contributed by atoms with Crippen LogP contribution in [0.25, 0.3) is 6.08 Å². The maximum Gasteiger partial charge on any atom is 0.244 e. The van der Waals surface area contributed by atoms with Crippen molar-refractivity contribution < 1.29 is 4.79 Å². The van der Waals surface area contributed by atoms with Crippen molar-refractivity contribution in [3.8, 4) is 0 Å². The quantitative estimate of drug-likeness (QED) is 0.774. The van der Waals surface area contributed by atoms with Crippen LogP contribution in [0.2, 0.25) is 10.0 Å². The Balaban J connectivity index is 1.59. The second kappa shape index (κ2) is 6.64. The number of carbonyl (C=O) groups excluding carboxylic acids is 1. The zero-order valence-corrected chi connectivity index (χ0v) is 14.2. The van der Waals surface area contributed by atoms with E-state index >= 15 is 0 Å². The number of nitrogens with one attached hydrogen (secondary N) is 1. The molecular formula is C18H21Cl2NO. The lowest BCUT2D eigenvalue weighted by molar-refractivity contribution is -0.117. The molecule has 2 fully saturated rings. The van der Waals surface area contributed by atoms with E-state index in [1.165, 1.54) is 31.8 Å². The average molecular weight is 338 g/mol. The number of amides is 1. The Kier molecular flexibility index (Phi) is 4.79. The molecule has 0 aromatic heterocycles. The summed E-state index contributed by atoms with van der Waals surface area (Å²) in [6.45, 7) is 2.12. The number of halogens is 2. The van der Waals surface area contributed by atoms with Gasteiger partial charge in [-0.25, -0.2) is 0 Å². The van der Waals surface area contributed by atoms with Gasteiger partial charge in [0, 0.05) is 27.7 Å². The van der Waals surface area contributed by atoms with Crippen LogP contribution in [0.4, 0.5) is 0 Å². The van der Waals surface area contributed by atoms with Crippen molar-refractivity contribution in [2.45, 2.75) is 38.6 Å². The molecule has 0 radical (unpaired) electrons. The molecular weight excluding hydrogens is 317 g/mol. The van der Waals surface area contributed by atoms with Crippen molar-refractivity contribution in [3.63, 3.8) is 0 Å². The van der Waals surface area contributed by atoms with Gasteiger partial charge in [0.1, 0.15) is 0 Å².